The average molecular weight is 357 g/mol. The van der Waals surface area contributed by atoms with Gasteiger partial charge in [0, 0.05) is 4.47 Å². The molecular weight excluding hydrogens is 349 g/mol. The Kier molecular flexibility index (Phi) is 3.49. The van der Waals surface area contributed by atoms with Gasteiger partial charge in [-0.25, -0.2) is 13.2 Å². The zero-order valence-electron chi connectivity index (χ0n) is 10.5. The molecule has 3 rings (SSSR count). The van der Waals surface area contributed by atoms with Crippen LogP contribution in [0.2, 0.25) is 0 Å². The number of halogens is 4. The number of fused-ring (bicyclic) bond motifs is 1. The van der Waals surface area contributed by atoms with Crippen LogP contribution in [-0.4, -0.2) is 5.78 Å². The zero-order valence-corrected chi connectivity index (χ0v) is 12.1. The van der Waals surface area contributed by atoms with Gasteiger partial charge in [0.1, 0.15) is 11.9 Å². The predicted octanol–water partition coefficient (Wildman–Crippen LogP) is 4.57. The van der Waals surface area contributed by atoms with Crippen molar-refractivity contribution >= 4 is 21.7 Å². The molecule has 21 heavy (non-hydrogen) atoms. The van der Waals surface area contributed by atoms with Crippen molar-refractivity contribution in [3.8, 4) is 5.75 Å². The van der Waals surface area contributed by atoms with Crippen LogP contribution in [0.3, 0.4) is 0 Å². The smallest absolute Gasteiger partial charge is 0.194 e. The van der Waals surface area contributed by atoms with Crippen molar-refractivity contribution in [2.75, 3.05) is 0 Å². The molecule has 2 aromatic carbocycles. The first-order valence-electron chi connectivity index (χ1n) is 6.09. The minimum Gasteiger partial charge on any atom is -0.484 e. The molecule has 6 heteroatoms. The molecule has 1 atom stereocenters. The minimum absolute atomic E-state index is 0.0564. The highest BCUT2D eigenvalue weighted by Gasteiger charge is 2.29. The van der Waals surface area contributed by atoms with E-state index in [0.717, 1.165) is 12.1 Å². The first-order chi connectivity index (χ1) is 9.95. The standard InChI is InChI=1S/C15H8BrF3O2/c16-8-1-2-9-12(20)6-13(21-14(9)5-8)7-3-10(17)15(19)11(18)4-7/h1-5,13H,6H2. The monoisotopic (exact) mass is 356 g/mol. The summed E-state index contributed by atoms with van der Waals surface area (Å²) in [4.78, 5) is 12.1. The summed E-state index contributed by atoms with van der Waals surface area (Å²) in [5, 5.41) is 0. The molecule has 0 spiro atoms. The van der Waals surface area contributed by atoms with E-state index >= 15 is 0 Å². The van der Waals surface area contributed by atoms with Gasteiger partial charge in [0.2, 0.25) is 0 Å². The molecule has 0 saturated heterocycles. The number of ether oxygens (including phenoxy) is 1. The topological polar surface area (TPSA) is 26.3 Å². The Morgan fingerprint density at radius 3 is 2.43 bits per heavy atom. The van der Waals surface area contributed by atoms with Gasteiger partial charge < -0.3 is 4.74 Å². The van der Waals surface area contributed by atoms with Gasteiger partial charge >= 0.3 is 0 Å². The Labute approximate surface area is 126 Å². The quantitative estimate of drug-likeness (QED) is 0.699. The molecule has 0 fully saturated rings. The van der Waals surface area contributed by atoms with Gasteiger partial charge in [-0.2, -0.15) is 0 Å². The summed E-state index contributed by atoms with van der Waals surface area (Å²) in [6.07, 6.45) is -0.900. The van der Waals surface area contributed by atoms with E-state index in [4.69, 9.17) is 4.74 Å². The highest BCUT2D eigenvalue weighted by molar-refractivity contribution is 9.10. The van der Waals surface area contributed by atoms with Gasteiger partial charge in [0.05, 0.1) is 12.0 Å². The summed E-state index contributed by atoms with van der Waals surface area (Å²) in [6.45, 7) is 0. The van der Waals surface area contributed by atoms with Crippen LogP contribution in [0.4, 0.5) is 13.2 Å². The second-order valence-electron chi connectivity index (χ2n) is 4.67. The summed E-state index contributed by atoms with van der Waals surface area (Å²) in [5.41, 5.74) is 0.503. The third-order valence-corrected chi connectivity index (χ3v) is 3.76. The summed E-state index contributed by atoms with van der Waals surface area (Å²) in [7, 11) is 0. The molecule has 0 N–H and O–H groups in total. The maximum Gasteiger partial charge on any atom is 0.194 e. The number of Topliss-reactive ketones (excluding diaryl/α,β-unsaturated/α-hetero) is 1. The van der Waals surface area contributed by atoms with Crippen LogP contribution in [-0.2, 0) is 0 Å². The van der Waals surface area contributed by atoms with Crippen molar-refractivity contribution in [3.05, 3.63) is 63.4 Å². The van der Waals surface area contributed by atoms with Crippen molar-refractivity contribution in [1.29, 1.82) is 0 Å². The molecule has 0 bridgehead atoms. The lowest BCUT2D eigenvalue weighted by molar-refractivity contribution is 0.0848. The zero-order chi connectivity index (χ0) is 15.1. The van der Waals surface area contributed by atoms with Gasteiger partial charge in [0.15, 0.2) is 23.2 Å². The van der Waals surface area contributed by atoms with Gasteiger partial charge in [0.25, 0.3) is 0 Å². The molecular formula is C15H8BrF3O2. The molecule has 0 radical (unpaired) electrons. The average Bonchev–Trinajstić information content (AvgIpc) is 2.43. The van der Waals surface area contributed by atoms with Gasteiger partial charge in [-0.3, -0.25) is 4.79 Å². The largest absolute Gasteiger partial charge is 0.484 e. The number of carbonyl (C=O) groups excluding carboxylic acids is 1. The summed E-state index contributed by atoms with van der Waals surface area (Å²) in [6, 6.07) is 6.62. The molecule has 0 aliphatic carbocycles. The van der Waals surface area contributed by atoms with E-state index in [1.807, 2.05) is 0 Å². The Morgan fingerprint density at radius 1 is 1.10 bits per heavy atom. The molecule has 1 unspecified atom stereocenters. The van der Waals surface area contributed by atoms with Crippen LogP contribution >= 0.6 is 15.9 Å². The first-order valence-corrected chi connectivity index (χ1v) is 6.89. The summed E-state index contributed by atoms with van der Waals surface area (Å²) in [5.74, 6) is -4.01. The number of hydrogen-bond acceptors (Lipinski definition) is 2. The van der Waals surface area contributed by atoms with E-state index in [9.17, 15) is 18.0 Å². The van der Waals surface area contributed by atoms with E-state index in [1.165, 1.54) is 0 Å². The molecule has 0 saturated carbocycles. The van der Waals surface area contributed by atoms with Crippen LogP contribution < -0.4 is 4.74 Å². The molecule has 2 nitrogen and oxygen atoms in total. The van der Waals surface area contributed by atoms with Gasteiger partial charge in [-0.05, 0) is 35.9 Å². The summed E-state index contributed by atoms with van der Waals surface area (Å²) >= 11 is 3.26. The normalized spacial score (nSPS) is 17.3. The third kappa shape index (κ3) is 2.55. The lowest BCUT2D eigenvalue weighted by Gasteiger charge is -2.25. The fourth-order valence-electron chi connectivity index (χ4n) is 2.24. The van der Waals surface area contributed by atoms with Crippen LogP contribution in [0.25, 0.3) is 0 Å². The lowest BCUT2D eigenvalue weighted by atomic mass is 9.96. The Balaban J connectivity index is 2.01. The number of rotatable bonds is 1. The Bertz CT molecular complexity index is 723. The maximum absolute atomic E-state index is 13.3. The van der Waals surface area contributed by atoms with Crippen molar-refractivity contribution in [3.63, 3.8) is 0 Å². The molecule has 0 aromatic heterocycles. The number of ketones is 1. The predicted molar refractivity (Wildman–Crippen MR) is 72.8 cm³/mol. The van der Waals surface area contributed by atoms with Crippen molar-refractivity contribution in [2.24, 2.45) is 0 Å². The fourth-order valence-corrected chi connectivity index (χ4v) is 2.58. The summed E-state index contributed by atoms with van der Waals surface area (Å²) < 4.78 is 45.9. The van der Waals surface area contributed by atoms with E-state index in [1.54, 1.807) is 18.2 Å². The number of hydrogen-bond donors (Lipinski definition) is 0. The molecule has 1 aliphatic heterocycles. The van der Waals surface area contributed by atoms with Crippen LogP contribution in [0.5, 0.6) is 5.75 Å². The first kappa shape index (κ1) is 14.1. The van der Waals surface area contributed by atoms with Crippen LogP contribution in [0.15, 0.2) is 34.8 Å². The number of benzene rings is 2. The maximum atomic E-state index is 13.3. The lowest BCUT2D eigenvalue weighted by Crippen LogP contribution is -2.20. The molecule has 1 heterocycles. The van der Waals surface area contributed by atoms with E-state index in [-0.39, 0.29) is 17.8 Å². The van der Waals surface area contributed by atoms with E-state index in [0.29, 0.717) is 15.8 Å². The highest BCUT2D eigenvalue weighted by atomic mass is 79.9. The van der Waals surface area contributed by atoms with E-state index < -0.39 is 23.6 Å². The Hall–Kier alpha value is -1.82. The van der Waals surface area contributed by atoms with Crippen LogP contribution in [0.1, 0.15) is 28.4 Å². The minimum atomic E-state index is -1.54. The molecule has 108 valence electrons. The number of carbonyl (C=O) groups is 1. The van der Waals surface area contributed by atoms with Crippen LogP contribution in [0, 0.1) is 17.5 Å². The fraction of sp³-hybridized carbons (Fsp3) is 0.133. The van der Waals surface area contributed by atoms with Crippen molar-refractivity contribution < 1.29 is 22.7 Å². The van der Waals surface area contributed by atoms with Gasteiger partial charge in [-0.15, -0.1) is 0 Å². The molecule has 0 amide bonds. The van der Waals surface area contributed by atoms with Crippen molar-refractivity contribution in [1.82, 2.24) is 0 Å². The third-order valence-electron chi connectivity index (χ3n) is 3.26. The van der Waals surface area contributed by atoms with Crippen molar-refractivity contribution in [2.45, 2.75) is 12.5 Å². The Morgan fingerprint density at radius 2 is 1.76 bits per heavy atom. The molecule has 2 aromatic rings. The second-order valence-corrected chi connectivity index (χ2v) is 5.59. The second kappa shape index (κ2) is 5.18. The SMILES string of the molecule is O=C1CC(c2cc(F)c(F)c(F)c2)Oc2cc(Br)ccc21. The molecule has 1 aliphatic rings. The van der Waals surface area contributed by atoms with E-state index in [2.05, 4.69) is 15.9 Å². The highest BCUT2D eigenvalue weighted by Crippen LogP contribution is 2.37. The van der Waals surface area contributed by atoms with Gasteiger partial charge in [-0.1, -0.05) is 15.9 Å².